The first-order chi connectivity index (χ1) is 19.9. The molecule has 2 saturated heterocycles. The molecule has 0 radical (unpaired) electrons. The van der Waals surface area contributed by atoms with Gasteiger partial charge in [0.1, 0.15) is 11.2 Å². The maximum atomic E-state index is 13.7. The second-order valence-corrected chi connectivity index (χ2v) is 10.5. The van der Waals surface area contributed by atoms with Crippen LogP contribution in [0.1, 0.15) is 41.3 Å². The maximum Gasteiger partial charge on any atom is 0.272 e. The van der Waals surface area contributed by atoms with Crippen molar-refractivity contribution in [1.82, 2.24) is 40.0 Å². The van der Waals surface area contributed by atoms with Crippen LogP contribution < -0.4 is 5.32 Å². The van der Waals surface area contributed by atoms with E-state index in [1.807, 2.05) is 23.1 Å². The Morgan fingerprint density at radius 2 is 1.90 bits per heavy atom. The minimum atomic E-state index is -0.162. The third-order valence-corrected chi connectivity index (χ3v) is 7.69. The molecule has 2 aliphatic heterocycles. The Kier molecular flexibility index (Phi) is 6.04. The molecule has 2 aliphatic rings. The van der Waals surface area contributed by atoms with Crippen LogP contribution in [0.15, 0.2) is 71.3 Å². The van der Waals surface area contributed by atoms with E-state index in [1.165, 1.54) is 11.7 Å². The fourth-order valence-corrected chi connectivity index (χ4v) is 5.95. The Morgan fingerprint density at radius 3 is 2.63 bits per heavy atom. The van der Waals surface area contributed by atoms with E-state index in [2.05, 4.69) is 47.7 Å². The Balaban J connectivity index is 1.11. The van der Waals surface area contributed by atoms with Crippen molar-refractivity contribution in [2.24, 2.45) is 7.05 Å². The molecular formula is C29H27N9O3. The molecule has 12 heteroatoms. The molecule has 0 aliphatic carbocycles. The number of aromatic nitrogens is 6. The number of amides is 2. The van der Waals surface area contributed by atoms with Gasteiger partial charge in [0.25, 0.3) is 5.91 Å². The number of nitrogens with zero attached hydrogens (tertiary/aromatic N) is 8. The van der Waals surface area contributed by atoms with Crippen molar-refractivity contribution in [3.63, 3.8) is 0 Å². The molecule has 2 aromatic carbocycles. The summed E-state index contributed by atoms with van der Waals surface area (Å²) in [6.07, 6.45) is 2.47. The number of hydrogen-bond acceptors (Lipinski definition) is 9. The molecule has 12 nitrogen and oxygen atoms in total. The quantitative estimate of drug-likeness (QED) is 0.339. The third kappa shape index (κ3) is 4.61. The first-order valence-electron chi connectivity index (χ1n) is 13.4. The van der Waals surface area contributed by atoms with Gasteiger partial charge in [0.15, 0.2) is 11.4 Å². The highest BCUT2D eigenvalue weighted by molar-refractivity contribution is 5.94. The number of tetrazole rings is 1. The fraction of sp³-hybridized carbons (Fsp3) is 0.276. The largest absolute Gasteiger partial charge is 0.436 e. The number of anilines is 1. The van der Waals surface area contributed by atoms with E-state index in [4.69, 9.17) is 4.42 Å². The monoisotopic (exact) mass is 549 g/mol. The van der Waals surface area contributed by atoms with Gasteiger partial charge in [-0.2, -0.15) is 4.80 Å². The number of benzene rings is 2. The van der Waals surface area contributed by atoms with Crippen LogP contribution in [0.25, 0.3) is 22.6 Å². The zero-order chi connectivity index (χ0) is 28.1. The smallest absolute Gasteiger partial charge is 0.272 e. The molecule has 5 aromatic rings. The average Bonchev–Trinajstić information content (AvgIpc) is 3.77. The van der Waals surface area contributed by atoms with Gasteiger partial charge >= 0.3 is 0 Å². The van der Waals surface area contributed by atoms with Crippen molar-refractivity contribution >= 4 is 28.6 Å². The fourth-order valence-electron chi connectivity index (χ4n) is 5.95. The van der Waals surface area contributed by atoms with Crippen molar-refractivity contribution in [3.05, 3.63) is 83.9 Å². The molecule has 0 saturated carbocycles. The number of likely N-dealkylation sites (tertiary alicyclic amines) is 2. The van der Waals surface area contributed by atoms with Gasteiger partial charge in [-0.15, -0.1) is 10.2 Å². The lowest BCUT2D eigenvalue weighted by Crippen LogP contribution is -2.50. The van der Waals surface area contributed by atoms with Gasteiger partial charge < -0.3 is 14.6 Å². The molecule has 3 aromatic heterocycles. The van der Waals surface area contributed by atoms with Crippen molar-refractivity contribution < 1.29 is 14.0 Å². The summed E-state index contributed by atoms with van der Waals surface area (Å²) in [4.78, 5) is 39.8. The molecule has 2 fully saturated rings. The number of piperazine rings is 1. The molecule has 2 bridgehead atoms. The standard InChI is InChI=1S/C29H27N9O3/c1-17(39)31-20-8-9-25-23(13-20)32-28(41-25)19-10-11-30-24(12-19)29(40)38-16-21-14-22(38)15-37(21)26(18-6-4-3-5-7-18)27-33-35-36(2)34-27/h3-13,21-22,26H,14-16H2,1-2H3,(H,31,39)/t21-,22-,26?/m0/s1. The molecular weight excluding hydrogens is 522 g/mol. The molecule has 1 N–H and O–H groups in total. The van der Waals surface area contributed by atoms with Crippen molar-refractivity contribution in [2.75, 3.05) is 18.4 Å². The van der Waals surface area contributed by atoms with Gasteiger partial charge in [-0.1, -0.05) is 30.3 Å². The van der Waals surface area contributed by atoms with Crippen LogP contribution in [0.5, 0.6) is 0 Å². The second-order valence-electron chi connectivity index (χ2n) is 10.5. The Bertz CT molecular complexity index is 1770. The molecule has 1 unspecified atom stereocenters. The highest BCUT2D eigenvalue weighted by atomic mass is 16.3. The van der Waals surface area contributed by atoms with Gasteiger partial charge in [0.05, 0.1) is 13.1 Å². The van der Waals surface area contributed by atoms with Crippen molar-refractivity contribution in [3.8, 4) is 11.5 Å². The molecule has 41 heavy (non-hydrogen) atoms. The number of oxazole rings is 1. The molecule has 7 rings (SSSR count). The zero-order valence-corrected chi connectivity index (χ0v) is 22.5. The van der Waals surface area contributed by atoms with Crippen LogP contribution in [-0.4, -0.2) is 77.0 Å². The van der Waals surface area contributed by atoms with Crippen LogP contribution >= 0.6 is 0 Å². The summed E-state index contributed by atoms with van der Waals surface area (Å²) < 4.78 is 5.95. The van der Waals surface area contributed by atoms with E-state index in [0.717, 1.165) is 12.0 Å². The van der Waals surface area contributed by atoms with E-state index in [1.54, 1.807) is 43.6 Å². The molecule has 0 spiro atoms. The minimum absolute atomic E-state index is 0.0531. The van der Waals surface area contributed by atoms with Crippen molar-refractivity contribution in [1.29, 1.82) is 0 Å². The summed E-state index contributed by atoms with van der Waals surface area (Å²) in [5, 5.41) is 15.7. The number of pyridine rings is 1. The lowest BCUT2D eigenvalue weighted by Gasteiger charge is -2.37. The SMILES string of the molecule is CC(=O)Nc1ccc2oc(-c3ccnc(C(=O)N4C[C@@H]5C[C@H]4CN5C(c4ccccc4)c4nnn(C)n4)c3)nc2c1. The highest BCUT2D eigenvalue weighted by Crippen LogP contribution is 2.39. The molecule has 206 valence electrons. The third-order valence-electron chi connectivity index (χ3n) is 7.69. The maximum absolute atomic E-state index is 13.7. The van der Waals surface area contributed by atoms with Crippen LogP contribution in [-0.2, 0) is 11.8 Å². The first-order valence-corrected chi connectivity index (χ1v) is 13.4. The first kappa shape index (κ1) is 25.0. The van der Waals surface area contributed by atoms with Gasteiger partial charge in [-0.05, 0) is 47.5 Å². The second kappa shape index (κ2) is 9.89. The average molecular weight is 550 g/mol. The van der Waals surface area contributed by atoms with E-state index >= 15 is 0 Å². The Hall–Kier alpha value is -4.97. The van der Waals surface area contributed by atoms with Crippen LogP contribution in [0, 0.1) is 0 Å². The predicted octanol–water partition coefficient (Wildman–Crippen LogP) is 3.06. The minimum Gasteiger partial charge on any atom is -0.436 e. The summed E-state index contributed by atoms with van der Waals surface area (Å²) >= 11 is 0. The normalized spacial score (nSPS) is 19.1. The lowest BCUT2D eigenvalue weighted by atomic mass is 10.0. The van der Waals surface area contributed by atoms with Crippen molar-refractivity contribution in [2.45, 2.75) is 31.5 Å². The number of aryl methyl sites for hydroxylation is 1. The van der Waals surface area contributed by atoms with Crippen LogP contribution in [0.3, 0.4) is 0 Å². The number of nitrogens with one attached hydrogen (secondary N) is 1. The summed E-state index contributed by atoms with van der Waals surface area (Å²) in [5.74, 6) is 0.760. The van der Waals surface area contributed by atoms with Gasteiger partial charge in [-0.3, -0.25) is 19.5 Å². The molecule has 2 amide bonds. The van der Waals surface area contributed by atoms with E-state index < -0.39 is 0 Å². The Labute approximate surface area is 235 Å². The van der Waals surface area contributed by atoms with E-state index in [0.29, 0.717) is 52.8 Å². The zero-order valence-electron chi connectivity index (χ0n) is 22.5. The van der Waals surface area contributed by atoms with E-state index in [9.17, 15) is 9.59 Å². The Morgan fingerprint density at radius 1 is 1.05 bits per heavy atom. The molecule has 3 atom stereocenters. The van der Waals surface area contributed by atoms with Crippen LogP contribution in [0.2, 0.25) is 0 Å². The summed E-state index contributed by atoms with van der Waals surface area (Å²) in [6, 6.07) is 19.0. The van der Waals surface area contributed by atoms with Gasteiger partial charge in [-0.25, -0.2) is 4.98 Å². The number of carbonyl (C=O) groups is 2. The highest BCUT2D eigenvalue weighted by Gasteiger charge is 2.49. The number of hydrogen-bond donors (Lipinski definition) is 1. The summed E-state index contributed by atoms with van der Waals surface area (Å²) in [5.41, 5.74) is 3.93. The summed E-state index contributed by atoms with van der Waals surface area (Å²) in [7, 11) is 1.76. The van der Waals surface area contributed by atoms with E-state index in [-0.39, 0.29) is 29.9 Å². The van der Waals surface area contributed by atoms with Gasteiger partial charge in [0.2, 0.25) is 11.8 Å². The number of fused-ring (bicyclic) bond motifs is 3. The summed E-state index contributed by atoms with van der Waals surface area (Å²) in [6.45, 7) is 2.75. The number of rotatable bonds is 6. The molecule has 5 heterocycles. The topological polar surface area (TPSA) is 135 Å². The predicted molar refractivity (Wildman–Crippen MR) is 149 cm³/mol. The number of carbonyl (C=O) groups excluding carboxylic acids is 2. The van der Waals surface area contributed by atoms with Crippen LogP contribution in [0.4, 0.5) is 5.69 Å². The lowest BCUT2D eigenvalue weighted by molar-refractivity contribution is -0.114. The van der Waals surface area contributed by atoms with Gasteiger partial charge in [0, 0.05) is 49.5 Å².